The smallest absolute Gasteiger partial charge is 0.326 e. The number of carbonyl (C=O) groups is 1. The molecule has 2 amide bonds. The number of benzene rings is 2. The van der Waals surface area contributed by atoms with Crippen LogP contribution in [0.1, 0.15) is 12.5 Å². The Bertz CT molecular complexity index is 658. The van der Waals surface area contributed by atoms with E-state index in [0.717, 1.165) is 5.56 Å². The highest BCUT2D eigenvalue weighted by atomic mass is 35.5. The Hall–Kier alpha value is -2.20. The van der Waals surface area contributed by atoms with Gasteiger partial charge in [0.25, 0.3) is 0 Å². The third-order valence-corrected chi connectivity index (χ3v) is 3.53. The lowest BCUT2D eigenvalue weighted by molar-refractivity contribution is 0.257. The molecule has 0 radical (unpaired) electrons. The van der Waals surface area contributed by atoms with E-state index in [-0.39, 0.29) is 11.8 Å². The lowest BCUT2D eigenvalue weighted by Gasteiger charge is -2.21. The number of amides is 2. The topological polar surface area (TPSA) is 52.6 Å². The summed E-state index contributed by atoms with van der Waals surface area (Å²) in [5.41, 5.74) is 2.22. The van der Waals surface area contributed by atoms with E-state index in [1.54, 1.807) is 36.4 Å². The predicted octanol–water partition coefficient (Wildman–Crippen LogP) is 4.41. The van der Waals surface area contributed by atoms with Crippen LogP contribution in [0.2, 0.25) is 5.02 Å². The van der Waals surface area contributed by atoms with Crippen LogP contribution in [0.4, 0.5) is 16.2 Å². The molecule has 0 aliphatic rings. The second kappa shape index (κ2) is 6.50. The van der Waals surface area contributed by atoms with Crippen LogP contribution in [0.3, 0.4) is 0 Å². The molecule has 2 N–H and O–H groups in total. The van der Waals surface area contributed by atoms with Crippen LogP contribution in [0, 0.1) is 6.92 Å². The maximum Gasteiger partial charge on any atom is 0.326 e. The van der Waals surface area contributed by atoms with Crippen molar-refractivity contribution in [3.8, 4) is 5.75 Å². The van der Waals surface area contributed by atoms with E-state index >= 15 is 0 Å². The summed E-state index contributed by atoms with van der Waals surface area (Å²) >= 11 is 6.05. The van der Waals surface area contributed by atoms with Crippen LogP contribution in [-0.4, -0.2) is 17.7 Å². The lowest BCUT2D eigenvalue weighted by Crippen LogP contribution is -2.34. The Balaban J connectivity index is 2.18. The molecule has 4 nitrogen and oxygen atoms in total. The Morgan fingerprint density at radius 1 is 1.29 bits per heavy atom. The van der Waals surface area contributed by atoms with Crippen molar-refractivity contribution in [2.75, 3.05) is 16.8 Å². The molecule has 2 rings (SSSR count). The molecule has 2 aromatic carbocycles. The van der Waals surface area contributed by atoms with Crippen molar-refractivity contribution in [2.24, 2.45) is 0 Å². The molecule has 0 saturated heterocycles. The van der Waals surface area contributed by atoms with Crippen LogP contribution in [-0.2, 0) is 0 Å². The number of phenols is 1. The zero-order chi connectivity index (χ0) is 15.4. The van der Waals surface area contributed by atoms with E-state index in [0.29, 0.717) is 22.9 Å². The highest BCUT2D eigenvalue weighted by Gasteiger charge is 2.14. The van der Waals surface area contributed by atoms with Gasteiger partial charge in [-0.3, -0.25) is 4.90 Å². The van der Waals surface area contributed by atoms with Crippen molar-refractivity contribution in [1.82, 2.24) is 0 Å². The molecular formula is C16H17ClN2O2. The van der Waals surface area contributed by atoms with Crippen LogP contribution in [0.15, 0.2) is 42.5 Å². The number of rotatable bonds is 3. The van der Waals surface area contributed by atoms with Gasteiger partial charge in [0.15, 0.2) is 0 Å². The summed E-state index contributed by atoms with van der Waals surface area (Å²) in [5, 5.41) is 12.9. The van der Waals surface area contributed by atoms with Gasteiger partial charge < -0.3 is 10.4 Å². The molecule has 0 spiro atoms. The zero-order valence-electron chi connectivity index (χ0n) is 11.9. The molecule has 0 fully saturated rings. The zero-order valence-corrected chi connectivity index (χ0v) is 12.7. The SMILES string of the molecule is CCN(C(=O)Nc1ccc(C)c(Cl)c1)c1cccc(O)c1. The fourth-order valence-corrected chi connectivity index (χ4v) is 2.15. The van der Waals surface area contributed by atoms with E-state index in [1.807, 2.05) is 19.9 Å². The maximum atomic E-state index is 12.3. The molecule has 5 heteroatoms. The Labute approximate surface area is 129 Å². The van der Waals surface area contributed by atoms with E-state index in [1.165, 1.54) is 4.90 Å². The third kappa shape index (κ3) is 3.67. The van der Waals surface area contributed by atoms with Gasteiger partial charge in [-0.1, -0.05) is 23.7 Å². The van der Waals surface area contributed by atoms with Crippen molar-refractivity contribution >= 4 is 29.0 Å². The Morgan fingerprint density at radius 3 is 2.67 bits per heavy atom. The number of nitrogens with one attached hydrogen (secondary N) is 1. The lowest BCUT2D eigenvalue weighted by atomic mass is 10.2. The van der Waals surface area contributed by atoms with Gasteiger partial charge in [0.2, 0.25) is 0 Å². The van der Waals surface area contributed by atoms with Gasteiger partial charge in [0, 0.05) is 29.0 Å². The number of aromatic hydroxyl groups is 1. The van der Waals surface area contributed by atoms with Gasteiger partial charge in [-0.15, -0.1) is 0 Å². The number of carbonyl (C=O) groups excluding carboxylic acids is 1. The summed E-state index contributed by atoms with van der Waals surface area (Å²) in [5.74, 6) is 0.122. The molecule has 0 aliphatic carbocycles. The van der Waals surface area contributed by atoms with Crippen LogP contribution in [0.5, 0.6) is 5.75 Å². The second-order valence-corrected chi connectivity index (χ2v) is 5.07. The normalized spacial score (nSPS) is 10.2. The molecule has 0 heterocycles. The van der Waals surface area contributed by atoms with Crippen molar-refractivity contribution in [1.29, 1.82) is 0 Å². The number of phenolic OH excluding ortho intramolecular Hbond substituents is 1. The summed E-state index contributed by atoms with van der Waals surface area (Å²) in [6.45, 7) is 4.25. The molecular weight excluding hydrogens is 288 g/mol. The number of aryl methyl sites for hydroxylation is 1. The molecule has 0 saturated carbocycles. The van der Waals surface area contributed by atoms with E-state index < -0.39 is 0 Å². The number of anilines is 2. The number of hydrogen-bond donors (Lipinski definition) is 2. The van der Waals surface area contributed by atoms with Gasteiger partial charge in [-0.05, 0) is 43.7 Å². The molecule has 21 heavy (non-hydrogen) atoms. The first kappa shape index (κ1) is 15.2. The number of halogens is 1. The summed E-state index contributed by atoms with van der Waals surface area (Å²) in [6.07, 6.45) is 0. The summed E-state index contributed by atoms with van der Waals surface area (Å²) < 4.78 is 0. The number of hydrogen-bond acceptors (Lipinski definition) is 2. The predicted molar refractivity (Wildman–Crippen MR) is 86.3 cm³/mol. The van der Waals surface area contributed by atoms with Gasteiger partial charge in [0.05, 0.1) is 0 Å². The minimum Gasteiger partial charge on any atom is -0.508 e. The van der Waals surface area contributed by atoms with E-state index in [2.05, 4.69) is 5.32 Å². The number of nitrogens with zero attached hydrogens (tertiary/aromatic N) is 1. The van der Waals surface area contributed by atoms with E-state index in [4.69, 9.17) is 11.6 Å². The average Bonchev–Trinajstić information content (AvgIpc) is 2.44. The van der Waals surface area contributed by atoms with E-state index in [9.17, 15) is 9.90 Å². The monoisotopic (exact) mass is 304 g/mol. The van der Waals surface area contributed by atoms with Crippen molar-refractivity contribution in [3.05, 3.63) is 53.1 Å². The first-order valence-corrected chi connectivity index (χ1v) is 7.02. The van der Waals surface area contributed by atoms with Crippen molar-refractivity contribution in [2.45, 2.75) is 13.8 Å². The van der Waals surface area contributed by atoms with Gasteiger partial charge in [-0.25, -0.2) is 4.79 Å². The van der Waals surface area contributed by atoms with Crippen molar-refractivity contribution < 1.29 is 9.90 Å². The molecule has 0 unspecified atom stereocenters. The number of urea groups is 1. The second-order valence-electron chi connectivity index (χ2n) is 4.66. The third-order valence-electron chi connectivity index (χ3n) is 3.13. The fraction of sp³-hybridized carbons (Fsp3) is 0.188. The quantitative estimate of drug-likeness (QED) is 0.882. The van der Waals surface area contributed by atoms with Gasteiger partial charge >= 0.3 is 6.03 Å². The Morgan fingerprint density at radius 2 is 2.05 bits per heavy atom. The first-order valence-electron chi connectivity index (χ1n) is 6.65. The Kier molecular flexibility index (Phi) is 4.70. The van der Waals surface area contributed by atoms with Crippen LogP contribution in [0.25, 0.3) is 0 Å². The maximum absolute atomic E-state index is 12.3. The molecule has 2 aromatic rings. The summed E-state index contributed by atoms with van der Waals surface area (Å²) in [7, 11) is 0. The fourth-order valence-electron chi connectivity index (χ4n) is 1.97. The standard InChI is InChI=1S/C16H17ClN2O2/c1-3-19(13-5-4-6-14(20)10-13)16(21)18-12-8-7-11(2)15(17)9-12/h4-10,20H,3H2,1-2H3,(H,18,21). The van der Waals surface area contributed by atoms with Gasteiger partial charge in [-0.2, -0.15) is 0 Å². The van der Waals surface area contributed by atoms with Gasteiger partial charge in [0.1, 0.15) is 5.75 Å². The highest BCUT2D eigenvalue weighted by Crippen LogP contribution is 2.23. The van der Waals surface area contributed by atoms with Crippen LogP contribution < -0.4 is 10.2 Å². The molecule has 0 aliphatic heterocycles. The minimum absolute atomic E-state index is 0.122. The van der Waals surface area contributed by atoms with Crippen molar-refractivity contribution in [3.63, 3.8) is 0 Å². The molecule has 0 bridgehead atoms. The molecule has 0 aromatic heterocycles. The molecule has 110 valence electrons. The summed E-state index contributed by atoms with van der Waals surface area (Å²) in [4.78, 5) is 13.9. The first-order chi connectivity index (χ1) is 10.0. The average molecular weight is 305 g/mol. The van der Waals surface area contributed by atoms with Crippen LogP contribution >= 0.6 is 11.6 Å². The largest absolute Gasteiger partial charge is 0.508 e. The highest BCUT2D eigenvalue weighted by molar-refractivity contribution is 6.31. The summed E-state index contributed by atoms with van der Waals surface area (Å²) in [6, 6.07) is 11.7. The molecule has 0 atom stereocenters. The minimum atomic E-state index is -0.275.